The SMILES string of the molecule is OC1CC(NCc2nc3ccccc3s2)C1. The number of aliphatic hydroxyl groups excluding tert-OH is 1. The van der Waals surface area contributed by atoms with E-state index in [1.54, 1.807) is 11.3 Å². The summed E-state index contributed by atoms with van der Waals surface area (Å²) in [6, 6.07) is 8.68. The minimum atomic E-state index is -0.0899. The number of fused-ring (bicyclic) bond motifs is 1. The van der Waals surface area contributed by atoms with Crippen molar-refractivity contribution in [3.05, 3.63) is 29.3 Å². The molecule has 0 aliphatic heterocycles. The number of hydrogen-bond acceptors (Lipinski definition) is 4. The van der Waals surface area contributed by atoms with Gasteiger partial charge in [-0.05, 0) is 25.0 Å². The molecule has 84 valence electrons. The fraction of sp³-hybridized carbons (Fsp3) is 0.417. The van der Waals surface area contributed by atoms with E-state index in [0.29, 0.717) is 6.04 Å². The predicted octanol–water partition coefficient (Wildman–Crippen LogP) is 1.91. The van der Waals surface area contributed by atoms with Crippen LogP contribution in [0.15, 0.2) is 24.3 Å². The summed E-state index contributed by atoms with van der Waals surface area (Å²) < 4.78 is 1.24. The van der Waals surface area contributed by atoms with Gasteiger partial charge in [0, 0.05) is 12.6 Å². The lowest BCUT2D eigenvalue weighted by Gasteiger charge is -2.31. The zero-order valence-electron chi connectivity index (χ0n) is 8.89. The van der Waals surface area contributed by atoms with E-state index in [2.05, 4.69) is 16.4 Å². The maximum absolute atomic E-state index is 9.18. The smallest absolute Gasteiger partial charge is 0.108 e. The van der Waals surface area contributed by atoms with Gasteiger partial charge in [0.15, 0.2) is 0 Å². The van der Waals surface area contributed by atoms with E-state index in [1.807, 2.05) is 18.2 Å². The molecule has 0 atom stereocenters. The summed E-state index contributed by atoms with van der Waals surface area (Å²) in [5.41, 5.74) is 1.08. The molecule has 1 aromatic heterocycles. The third-order valence-corrected chi connectivity index (χ3v) is 4.03. The van der Waals surface area contributed by atoms with Crippen LogP contribution < -0.4 is 5.32 Å². The van der Waals surface area contributed by atoms with Crippen LogP contribution in [0, 0.1) is 0 Å². The van der Waals surface area contributed by atoms with Gasteiger partial charge in [-0.1, -0.05) is 12.1 Å². The number of aliphatic hydroxyl groups is 1. The van der Waals surface area contributed by atoms with E-state index < -0.39 is 0 Å². The number of aromatic nitrogens is 1. The fourth-order valence-corrected chi connectivity index (χ4v) is 2.90. The molecule has 4 heteroatoms. The van der Waals surface area contributed by atoms with Crippen molar-refractivity contribution in [1.29, 1.82) is 0 Å². The van der Waals surface area contributed by atoms with Crippen molar-refractivity contribution in [1.82, 2.24) is 10.3 Å². The highest BCUT2D eigenvalue weighted by molar-refractivity contribution is 7.18. The van der Waals surface area contributed by atoms with E-state index in [1.165, 1.54) is 4.70 Å². The topological polar surface area (TPSA) is 45.1 Å². The molecular formula is C12H14N2OS. The zero-order chi connectivity index (χ0) is 11.0. The van der Waals surface area contributed by atoms with Crippen LogP contribution in [0.5, 0.6) is 0 Å². The molecule has 0 amide bonds. The lowest BCUT2D eigenvalue weighted by molar-refractivity contribution is 0.0619. The number of hydrogen-bond donors (Lipinski definition) is 2. The third-order valence-electron chi connectivity index (χ3n) is 2.99. The van der Waals surface area contributed by atoms with Gasteiger partial charge in [0.05, 0.1) is 16.3 Å². The third kappa shape index (κ3) is 1.96. The van der Waals surface area contributed by atoms with E-state index in [0.717, 1.165) is 29.9 Å². The number of nitrogens with one attached hydrogen (secondary N) is 1. The van der Waals surface area contributed by atoms with E-state index in [4.69, 9.17) is 0 Å². The fourth-order valence-electron chi connectivity index (χ4n) is 1.98. The Balaban J connectivity index is 1.65. The van der Waals surface area contributed by atoms with Gasteiger partial charge in [-0.15, -0.1) is 11.3 Å². The van der Waals surface area contributed by atoms with Crippen LogP contribution in [0.4, 0.5) is 0 Å². The average molecular weight is 234 g/mol. The number of benzene rings is 1. The summed E-state index contributed by atoms with van der Waals surface area (Å²) in [5, 5.41) is 13.7. The second kappa shape index (κ2) is 4.13. The van der Waals surface area contributed by atoms with Crippen LogP contribution in [-0.2, 0) is 6.54 Å². The molecule has 3 nitrogen and oxygen atoms in total. The van der Waals surface area contributed by atoms with E-state index in [9.17, 15) is 5.11 Å². The molecule has 0 radical (unpaired) electrons. The Morgan fingerprint density at radius 3 is 2.94 bits per heavy atom. The maximum atomic E-state index is 9.18. The molecule has 1 heterocycles. The predicted molar refractivity (Wildman–Crippen MR) is 65.5 cm³/mol. The molecule has 0 spiro atoms. The minimum absolute atomic E-state index is 0.0899. The van der Waals surface area contributed by atoms with Crippen LogP contribution in [0.3, 0.4) is 0 Å². The Morgan fingerprint density at radius 1 is 1.38 bits per heavy atom. The summed E-state index contributed by atoms with van der Waals surface area (Å²) in [6.07, 6.45) is 1.67. The summed E-state index contributed by atoms with van der Waals surface area (Å²) in [4.78, 5) is 4.56. The number of thiazole rings is 1. The summed E-state index contributed by atoms with van der Waals surface area (Å²) in [6.45, 7) is 0.816. The first kappa shape index (κ1) is 10.2. The highest BCUT2D eigenvalue weighted by atomic mass is 32.1. The molecule has 0 bridgehead atoms. The Morgan fingerprint density at radius 2 is 2.19 bits per heavy atom. The Kier molecular flexibility index (Phi) is 2.63. The zero-order valence-corrected chi connectivity index (χ0v) is 9.70. The van der Waals surface area contributed by atoms with Crippen molar-refractivity contribution in [3.63, 3.8) is 0 Å². The summed E-state index contributed by atoms with van der Waals surface area (Å²) in [5.74, 6) is 0. The van der Waals surface area contributed by atoms with Gasteiger partial charge in [-0.2, -0.15) is 0 Å². The van der Waals surface area contributed by atoms with Gasteiger partial charge >= 0.3 is 0 Å². The molecule has 3 rings (SSSR count). The van der Waals surface area contributed by atoms with Crippen molar-refractivity contribution in [2.45, 2.75) is 31.5 Å². The van der Waals surface area contributed by atoms with Crippen LogP contribution >= 0.6 is 11.3 Å². The van der Waals surface area contributed by atoms with Gasteiger partial charge in [0.25, 0.3) is 0 Å². The normalized spacial score (nSPS) is 24.6. The van der Waals surface area contributed by atoms with Crippen LogP contribution in [0.25, 0.3) is 10.2 Å². The lowest BCUT2D eigenvalue weighted by Crippen LogP contribution is -2.43. The van der Waals surface area contributed by atoms with Crippen LogP contribution in [0.2, 0.25) is 0 Å². The summed E-state index contributed by atoms with van der Waals surface area (Å²) >= 11 is 1.74. The quantitative estimate of drug-likeness (QED) is 0.852. The van der Waals surface area contributed by atoms with E-state index >= 15 is 0 Å². The Hall–Kier alpha value is -0.970. The molecule has 1 aromatic carbocycles. The molecule has 1 aliphatic carbocycles. The lowest BCUT2D eigenvalue weighted by atomic mass is 9.90. The highest BCUT2D eigenvalue weighted by Crippen LogP contribution is 2.23. The molecule has 2 N–H and O–H groups in total. The molecule has 16 heavy (non-hydrogen) atoms. The van der Waals surface area contributed by atoms with E-state index in [-0.39, 0.29) is 6.10 Å². The average Bonchev–Trinajstić information content (AvgIpc) is 2.65. The molecule has 0 saturated heterocycles. The molecule has 1 fully saturated rings. The van der Waals surface area contributed by atoms with Crippen LogP contribution in [-0.4, -0.2) is 22.2 Å². The maximum Gasteiger partial charge on any atom is 0.108 e. The first-order valence-corrected chi connectivity index (χ1v) is 6.39. The molecular weight excluding hydrogens is 220 g/mol. The number of para-hydroxylation sites is 1. The highest BCUT2D eigenvalue weighted by Gasteiger charge is 2.26. The Bertz CT molecular complexity index is 457. The van der Waals surface area contributed by atoms with Crippen LogP contribution in [0.1, 0.15) is 17.8 Å². The molecule has 1 saturated carbocycles. The minimum Gasteiger partial charge on any atom is -0.393 e. The summed E-state index contributed by atoms with van der Waals surface area (Å²) in [7, 11) is 0. The van der Waals surface area contributed by atoms with Crippen molar-refractivity contribution < 1.29 is 5.11 Å². The van der Waals surface area contributed by atoms with Crippen molar-refractivity contribution in [2.75, 3.05) is 0 Å². The molecule has 0 unspecified atom stereocenters. The standard InChI is InChI=1S/C12H14N2OS/c15-9-5-8(6-9)13-7-12-14-10-3-1-2-4-11(10)16-12/h1-4,8-9,13,15H,5-7H2. The van der Waals surface area contributed by atoms with Gasteiger partial charge in [-0.3, -0.25) is 0 Å². The first-order valence-electron chi connectivity index (χ1n) is 5.57. The second-order valence-electron chi connectivity index (χ2n) is 4.28. The van der Waals surface area contributed by atoms with Crippen molar-refractivity contribution >= 4 is 21.6 Å². The van der Waals surface area contributed by atoms with Crippen molar-refractivity contribution in [2.24, 2.45) is 0 Å². The van der Waals surface area contributed by atoms with Gasteiger partial charge < -0.3 is 10.4 Å². The van der Waals surface area contributed by atoms with Crippen molar-refractivity contribution in [3.8, 4) is 0 Å². The van der Waals surface area contributed by atoms with Gasteiger partial charge in [0.1, 0.15) is 5.01 Å². The Labute approximate surface area is 98.1 Å². The van der Waals surface area contributed by atoms with Gasteiger partial charge in [-0.25, -0.2) is 4.98 Å². The largest absolute Gasteiger partial charge is 0.393 e. The number of rotatable bonds is 3. The second-order valence-corrected chi connectivity index (χ2v) is 5.39. The molecule has 1 aliphatic rings. The monoisotopic (exact) mass is 234 g/mol. The first-order chi connectivity index (χ1) is 7.81. The van der Waals surface area contributed by atoms with Gasteiger partial charge in [0.2, 0.25) is 0 Å². The number of nitrogens with zero attached hydrogens (tertiary/aromatic N) is 1. The molecule has 2 aromatic rings.